The van der Waals surface area contributed by atoms with E-state index in [1.54, 1.807) is 0 Å². The summed E-state index contributed by atoms with van der Waals surface area (Å²) in [5.74, 6) is -0.00708. The molecule has 0 saturated carbocycles. The minimum Gasteiger partial charge on any atom is -0.445 e. The van der Waals surface area contributed by atoms with Crippen molar-refractivity contribution in [3.8, 4) is 12.1 Å². The van der Waals surface area contributed by atoms with E-state index >= 15 is 0 Å². The number of hydrogen-bond acceptors (Lipinski definition) is 4. The first-order valence-corrected chi connectivity index (χ1v) is 3.82. The number of halogens is 1. The Balaban J connectivity index is 2.38. The van der Waals surface area contributed by atoms with Crippen molar-refractivity contribution in [1.29, 1.82) is 0 Å². The van der Waals surface area contributed by atoms with Crippen LogP contribution in [-0.4, -0.2) is 42.8 Å². The maximum absolute atomic E-state index is 11.3. The number of carbonyl (C=O) groups excluding carboxylic acids is 2. The molecule has 0 atom stereocenters. The Labute approximate surface area is 79.5 Å². The minimum absolute atomic E-state index is 0.364. The van der Waals surface area contributed by atoms with E-state index < -0.39 is 18.5 Å². The molecule has 0 aliphatic carbocycles. The standard InChI is InChI=1S/C8H7FN2O3/c9-2-1-5-14-8(13)7(12)11-4-3-10-6-11/h6H,3-5H2. The van der Waals surface area contributed by atoms with Crippen LogP contribution < -0.4 is 0 Å². The summed E-state index contributed by atoms with van der Waals surface area (Å²) in [5, 5.41) is 0. The van der Waals surface area contributed by atoms with Gasteiger partial charge in [-0.1, -0.05) is 0 Å². The van der Waals surface area contributed by atoms with Gasteiger partial charge in [-0.3, -0.25) is 14.7 Å². The molecule has 1 amide bonds. The fourth-order valence-corrected chi connectivity index (χ4v) is 0.841. The van der Waals surface area contributed by atoms with E-state index in [2.05, 4.69) is 9.73 Å². The van der Waals surface area contributed by atoms with E-state index in [0.717, 1.165) is 11.1 Å². The van der Waals surface area contributed by atoms with E-state index in [4.69, 9.17) is 0 Å². The van der Waals surface area contributed by atoms with Crippen LogP contribution in [0.15, 0.2) is 4.99 Å². The Hall–Kier alpha value is -1.90. The normalized spacial score (nSPS) is 13.4. The van der Waals surface area contributed by atoms with E-state index in [9.17, 15) is 14.0 Å². The van der Waals surface area contributed by atoms with Crippen LogP contribution in [0.2, 0.25) is 0 Å². The van der Waals surface area contributed by atoms with Crippen molar-refractivity contribution < 1.29 is 18.7 Å². The van der Waals surface area contributed by atoms with Crippen molar-refractivity contribution in [2.45, 2.75) is 0 Å². The number of aliphatic imine (C=N–C) groups is 1. The summed E-state index contributed by atoms with van der Waals surface area (Å²) in [7, 11) is 0. The van der Waals surface area contributed by atoms with E-state index in [1.165, 1.54) is 6.34 Å². The Morgan fingerprint density at radius 1 is 1.64 bits per heavy atom. The lowest BCUT2D eigenvalue weighted by atomic mass is 10.5. The molecule has 0 unspecified atom stereocenters. The van der Waals surface area contributed by atoms with Gasteiger partial charge in [0.05, 0.1) is 12.9 Å². The minimum atomic E-state index is -1.05. The summed E-state index contributed by atoms with van der Waals surface area (Å²) in [6.07, 6.45) is 2.32. The molecule has 0 aromatic rings. The second kappa shape index (κ2) is 4.97. The highest BCUT2D eigenvalue weighted by atomic mass is 19.1. The van der Waals surface area contributed by atoms with Crippen LogP contribution in [0.1, 0.15) is 0 Å². The van der Waals surface area contributed by atoms with Gasteiger partial charge >= 0.3 is 11.9 Å². The van der Waals surface area contributed by atoms with Crippen LogP contribution in [-0.2, 0) is 14.3 Å². The quantitative estimate of drug-likeness (QED) is 0.319. The smallest absolute Gasteiger partial charge is 0.398 e. The number of amides is 1. The lowest BCUT2D eigenvalue weighted by molar-refractivity contribution is -0.156. The van der Waals surface area contributed by atoms with Crippen LogP contribution in [0.5, 0.6) is 0 Å². The number of carbonyl (C=O) groups is 2. The molecule has 5 nitrogen and oxygen atoms in total. The van der Waals surface area contributed by atoms with Crippen molar-refractivity contribution in [3.05, 3.63) is 0 Å². The molecular formula is C8H7FN2O3. The number of esters is 1. The summed E-state index contributed by atoms with van der Waals surface area (Å²) in [6, 6.07) is 0. The van der Waals surface area contributed by atoms with Gasteiger partial charge in [0.2, 0.25) is 0 Å². The van der Waals surface area contributed by atoms with Crippen LogP contribution in [0.25, 0.3) is 0 Å². The number of hydrogen-bond donors (Lipinski definition) is 0. The highest BCUT2D eigenvalue weighted by Crippen LogP contribution is 1.95. The van der Waals surface area contributed by atoms with E-state index in [0.29, 0.717) is 13.1 Å². The van der Waals surface area contributed by atoms with Crippen molar-refractivity contribution in [2.24, 2.45) is 4.99 Å². The average molecular weight is 198 g/mol. The predicted molar refractivity (Wildman–Crippen MR) is 44.9 cm³/mol. The van der Waals surface area contributed by atoms with Gasteiger partial charge in [-0.05, 0) is 5.92 Å². The molecule has 6 heteroatoms. The molecule has 0 aromatic carbocycles. The van der Waals surface area contributed by atoms with Crippen molar-refractivity contribution >= 4 is 18.2 Å². The molecule has 0 saturated heterocycles. The predicted octanol–water partition coefficient (Wildman–Crippen LogP) is -0.669. The summed E-state index contributed by atoms with van der Waals surface area (Å²) in [5.41, 5.74) is 0. The first-order chi connectivity index (χ1) is 6.75. The van der Waals surface area contributed by atoms with Crippen LogP contribution in [0.3, 0.4) is 0 Å². The van der Waals surface area contributed by atoms with Gasteiger partial charge in [0, 0.05) is 6.54 Å². The fourth-order valence-electron chi connectivity index (χ4n) is 0.841. The van der Waals surface area contributed by atoms with Crippen LogP contribution in [0.4, 0.5) is 4.39 Å². The summed E-state index contributed by atoms with van der Waals surface area (Å²) < 4.78 is 15.6. The molecule has 0 radical (unpaired) electrons. The Kier molecular flexibility index (Phi) is 3.61. The molecule has 0 aromatic heterocycles. The molecule has 1 aliphatic heterocycles. The number of ether oxygens (including phenoxy) is 1. The Morgan fingerprint density at radius 2 is 2.43 bits per heavy atom. The molecule has 0 N–H and O–H groups in total. The zero-order valence-electron chi connectivity index (χ0n) is 7.20. The maximum atomic E-state index is 11.3. The molecule has 0 spiro atoms. The third-order valence-corrected chi connectivity index (χ3v) is 1.47. The van der Waals surface area contributed by atoms with Crippen LogP contribution in [0, 0.1) is 12.1 Å². The SMILES string of the molecule is O=C(OCC#CF)C(=O)N1C=NCC1. The molecule has 0 fully saturated rings. The molecular weight excluding hydrogens is 191 g/mol. The van der Waals surface area contributed by atoms with Gasteiger partial charge in [-0.2, -0.15) is 0 Å². The molecule has 1 heterocycles. The number of nitrogens with zero attached hydrogens (tertiary/aromatic N) is 2. The summed E-state index contributed by atoms with van der Waals surface area (Å²) >= 11 is 0. The van der Waals surface area contributed by atoms with E-state index in [-0.39, 0.29) is 0 Å². The second-order valence-electron chi connectivity index (χ2n) is 2.37. The first-order valence-electron chi connectivity index (χ1n) is 3.82. The van der Waals surface area contributed by atoms with Crippen molar-refractivity contribution in [2.75, 3.05) is 19.7 Å². The second-order valence-corrected chi connectivity index (χ2v) is 2.37. The monoisotopic (exact) mass is 198 g/mol. The number of rotatable bonds is 1. The van der Waals surface area contributed by atoms with Crippen molar-refractivity contribution in [3.63, 3.8) is 0 Å². The van der Waals surface area contributed by atoms with Gasteiger partial charge in [0.25, 0.3) is 0 Å². The fraction of sp³-hybridized carbons (Fsp3) is 0.375. The third-order valence-electron chi connectivity index (χ3n) is 1.47. The lowest BCUT2D eigenvalue weighted by Gasteiger charge is -2.09. The van der Waals surface area contributed by atoms with Crippen molar-refractivity contribution in [1.82, 2.24) is 4.90 Å². The lowest BCUT2D eigenvalue weighted by Crippen LogP contribution is -2.35. The summed E-state index contributed by atoms with van der Waals surface area (Å²) in [6.45, 7) is 0.415. The van der Waals surface area contributed by atoms with E-state index in [1.807, 2.05) is 5.92 Å². The molecule has 74 valence electrons. The maximum Gasteiger partial charge on any atom is 0.398 e. The molecule has 1 aliphatic rings. The summed E-state index contributed by atoms with van der Waals surface area (Å²) in [4.78, 5) is 27.0. The highest BCUT2D eigenvalue weighted by molar-refractivity contribution is 6.34. The average Bonchev–Trinajstić information content (AvgIpc) is 2.69. The topological polar surface area (TPSA) is 59.0 Å². The van der Waals surface area contributed by atoms with Gasteiger partial charge in [0.15, 0.2) is 6.61 Å². The molecule has 14 heavy (non-hydrogen) atoms. The highest BCUT2D eigenvalue weighted by Gasteiger charge is 2.23. The van der Waals surface area contributed by atoms with Crippen LogP contribution >= 0.6 is 0 Å². The van der Waals surface area contributed by atoms with Gasteiger partial charge in [-0.15, -0.1) is 4.39 Å². The largest absolute Gasteiger partial charge is 0.445 e. The van der Waals surface area contributed by atoms with Gasteiger partial charge < -0.3 is 4.74 Å². The van der Waals surface area contributed by atoms with Gasteiger partial charge in [-0.25, -0.2) is 4.79 Å². The molecule has 0 bridgehead atoms. The molecule has 1 rings (SSSR count). The Bertz CT molecular complexity index is 329. The zero-order valence-corrected chi connectivity index (χ0v) is 7.20. The Morgan fingerprint density at radius 3 is 3.00 bits per heavy atom. The first kappa shape index (κ1) is 10.2. The zero-order chi connectivity index (χ0) is 10.4. The third kappa shape index (κ3) is 2.55. The van der Waals surface area contributed by atoms with Gasteiger partial charge in [0.1, 0.15) is 6.17 Å².